The van der Waals surface area contributed by atoms with E-state index in [-0.39, 0.29) is 0 Å². The van der Waals surface area contributed by atoms with Crippen molar-refractivity contribution in [1.29, 1.82) is 0 Å². The van der Waals surface area contributed by atoms with Gasteiger partial charge in [0.2, 0.25) is 0 Å². The Hall–Kier alpha value is -3.12. The molecule has 0 unspecified atom stereocenters. The molecule has 0 spiro atoms. The average Bonchev–Trinajstić information content (AvgIpc) is 2.66. The van der Waals surface area contributed by atoms with Gasteiger partial charge in [-0.15, -0.1) is 0 Å². The molecule has 0 heteroatoms. The van der Waals surface area contributed by atoms with Crippen molar-refractivity contribution in [3.8, 4) is 11.1 Å². The second-order valence-corrected chi connectivity index (χ2v) is 6.29. The Labute approximate surface area is 141 Å². The van der Waals surface area contributed by atoms with E-state index in [1.807, 2.05) is 0 Å². The summed E-state index contributed by atoms with van der Waals surface area (Å²) in [5.41, 5.74) is 2.53. The predicted molar refractivity (Wildman–Crippen MR) is 104 cm³/mol. The van der Waals surface area contributed by atoms with Gasteiger partial charge in [0, 0.05) is 0 Å². The van der Waals surface area contributed by atoms with Crippen molar-refractivity contribution in [2.45, 2.75) is 0 Å². The maximum absolute atomic E-state index is 2.31. The van der Waals surface area contributed by atoms with Crippen molar-refractivity contribution in [2.24, 2.45) is 0 Å². The van der Waals surface area contributed by atoms with Crippen LogP contribution < -0.4 is 0 Å². The Morgan fingerprint density at radius 2 is 1.00 bits per heavy atom. The van der Waals surface area contributed by atoms with Crippen LogP contribution in [-0.2, 0) is 0 Å². The molecule has 24 heavy (non-hydrogen) atoms. The van der Waals surface area contributed by atoms with Crippen LogP contribution in [0.4, 0.5) is 0 Å². The zero-order valence-corrected chi connectivity index (χ0v) is 13.2. The zero-order chi connectivity index (χ0) is 15.9. The molecule has 0 bridgehead atoms. The maximum atomic E-state index is 2.31. The molecular weight excluding hydrogens is 288 g/mol. The highest BCUT2D eigenvalue weighted by Crippen LogP contribution is 2.32. The van der Waals surface area contributed by atoms with Gasteiger partial charge in [-0.2, -0.15) is 0 Å². The van der Waals surface area contributed by atoms with E-state index in [2.05, 4.69) is 97.1 Å². The highest BCUT2D eigenvalue weighted by molar-refractivity contribution is 6.12. The lowest BCUT2D eigenvalue weighted by atomic mass is 9.95. The van der Waals surface area contributed by atoms with Crippen molar-refractivity contribution in [3.63, 3.8) is 0 Å². The van der Waals surface area contributed by atoms with Gasteiger partial charge in [-0.05, 0) is 61.6 Å². The fraction of sp³-hybridized carbons (Fsp3) is 0. The second kappa shape index (κ2) is 5.21. The van der Waals surface area contributed by atoms with Gasteiger partial charge in [-0.3, -0.25) is 0 Å². The molecule has 0 heterocycles. The van der Waals surface area contributed by atoms with Crippen molar-refractivity contribution in [2.75, 3.05) is 0 Å². The molecule has 0 radical (unpaired) electrons. The lowest BCUT2D eigenvalue weighted by Crippen LogP contribution is -1.82. The Kier molecular flexibility index (Phi) is 2.89. The topological polar surface area (TPSA) is 0 Å². The molecule has 0 aliphatic heterocycles. The van der Waals surface area contributed by atoms with Gasteiger partial charge >= 0.3 is 0 Å². The van der Waals surface area contributed by atoms with Crippen LogP contribution in [0.25, 0.3) is 43.4 Å². The number of fused-ring (bicyclic) bond motifs is 4. The standard InChI is InChI=1S/C24H16/c1-2-6-17(7-3-1)20-12-13-23-21(15-20)10-11-22-14-18-8-4-5-9-19(18)16-24(22)23/h1-16H. The summed E-state index contributed by atoms with van der Waals surface area (Å²) in [5, 5.41) is 7.83. The van der Waals surface area contributed by atoms with Crippen molar-refractivity contribution < 1.29 is 0 Å². The SMILES string of the molecule is c1ccc(-c2ccc3c(ccc4cc5ccccc5cc43)c2)cc1. The van der Waals surface area contributed by atoms with Gasteiger partial charge in [-0.1, -0.05) is 78.9 Å². The minimum atomic E-state index is 1.26. The molecular formula is C24H16. The number of hydrogen-bond donors (Lipinski definition) is 0. The molecule has 0 aromatic heterocycles. The molecule has 0 aliphatic carbocycles. The van der Waals surface area contributed by atoms with E-state index in [1.54, 1.807) is 0 Å². The van der Waals surface area contributed by atoms with Crippen LogP contribution in [0.1, 0.15) is 0 Å². The summed E-state index contributed by atoms with van der Waals surface area (Å²) < 4.78 is 0. The van der Waals surface area contributed by atoms with E-state index in [9.17, 15) is 0 Å². The molecule has 0 aliphatic rings. The van der Waals surface area contributed by atoms with Crippen molar-refractivity contribution in [3.05, 3.63) is 97.1 Å². The first-order valence-electron chi connectivity index (χ1n) is 8.29. The minimum absolute atomic E-state index is 1.26. The van der Waals surface area contributed by atoms with E-state index in [0.717, 1.165) is 0 Å². The van der Waals surface area contributed by atoms with E-state index in [4.69, 9.17) is 0 Å². The van der Waals surface area contributed by atoms with Crippen LogP contribution in [0, 0.1) is 0 Å². The van der Waals surface area contributed by atoms with Gasteiger partial charge in [0.25, 0.3) is 0 Å². The third kappa shape index (κ3) is 2.08. The van der Waals surface area contributed by atoms with Crippen molar-refractivity contribution >= 4 is 32.3 Å². The van der Waals surface area contributed by atoms with Gasteiger partial charge in [0.15, 0.2) is 0 Å². The predicted octanol–water partition coefficient (Wildman–Crippen LogP) is 6.81. The molecule has 0 nitrogen and oxygen atoms in total. The van der Waals surface area contributed by atoms with E-state index < -0.39 is 0 Å². The highest BCUT2D eigenvalue weighted by Gasteiger charge is 2.05. The Balaban J connectivity index is 1.80. The lowest BCUT2D eigenvalue weighted by molar-refractivity contribution is 1.65. The molecule has 5 rings (SSSR count). The third-order valence-electron chi connectivity index (χ3n) is 4.81. The number of hydrogen-bond acceptors (Lipinski definition) is 0. The van der Waals surface area contributed by atoms with Crippen LogP contribution in [0.3, 0.4) is 0 Å². The highest BCUT2D eigenvalue weighted by atomic mass is 14.1. The first-order valence-corrected chi connectivity index (χ1v) is 8.29. The summed E-state index contributed by atoms with van der Waals surface area (Å²) in [6.07, 6.45) is 0. The molecule has 0 saturated carbocycles. The first-order chi connectivity index (χ1) is 11.9. The van der Waals surface area contributed by atoms with Crippen molar-refractivity contribution in [1.82, 2.24) is 0 Å². The summed E-state index contributed by atoms with van der Waals surface area (Å²) in [7, 11) is 0. The molecule has 0 fully saturated rings. The summed E-state index contributed by atoms with van der Waals surface area (Å²) in [5.74, 6) is 0. The van der Waals surface area contributed by atoms with Gasteiger partial charge < -0.3 is 0 Å². The molecule has 112 valence electrons. The number of rotatable bonds is 1. The molecule has 0 amide bonds. The summed E-state index contributed by atoms with van der Waals surface area (Å²) in [6.45, 7) is 0. The third-order valence-corrected chi connectivity index (χ3v) is 4.81. The fourth-order valence-corrected chi connectivity index (χ4v) is 3.56. The Morgan fingerprint density at radius 1 is 0.333 bits per heavy atom. The lowest BCUT2D eigenvalue weighted by Gasteiger charge is -2.09. The Morgan fingerprint density at radius 3 is 1.79 bits per heavy atom. The zero-order valence-electron chi connectivity index (χ0n) is 13.2. The largest absolute Gasteiger partial charge is 0.0622 e. The van der Waals surface area contributed by atoms with E-state index >= 15 is 0 Å². The van der Waals surface area contributed by atoms with E-state index in [1.165, 1.54) is 43.4 Å². The van der Waals surface area contributed by atoms with Gasteiger partial charge in [0.05, 0.1) is 0 Å². The molecule has 5 aromatic rings. The second-order valence-electron chi connectivity index (χ2n) is 6.29. The smallest absolute Gasteiger partial charge is 0.00990 e. The number of benzene rings is 5. The molecule has 0 atom stereocenters. The van der Waals surface area contributed by atoms with Crippen LogP contribution in [0.2, 0.25) is 0 Å². The monoisotopic (exact) mass is 304 g/mol. The van der Waals surface area contributed by atoms with Gasteiger partial charge in [-0.25, -0.2) is 0 Å². The van der Waals surface area contributed by atoms with Crippen LogP contribution in [-0.4, -0.2) is 0 Å². The van der Waals surface area contributed by atoms with E-state index in [0.29, 0.717) is 0 Å². The minimum Gasteiger partial charge on any atom is -0.0622 e. The van der Waals surface area contributed by atoms with Gasteiger partial charge in [0.1, 0.15) is 0 Å². The molecule has 0 N–H and O–H groups in total. The summed E-state index contributed by atoms with van der Waals surface area (Å²) in [6, 6.07) is 35.0. The fourth-order valence-electron chi connectivity index (χ4n) is 3.56. The van der Waals surface area contributed by atoms with Crippen LogP contribution in [0.15, 0.2) is 97.1 Å². The Bertz CT molecular complexity index is 1180. The van der Waals surface area contributed by atoms with Crippen LogP contribution >= 0.6 is 0 Å². The summed E-state index contributed by atoms with van der Waals surface area (Å²) in [4.78, 5) is 0. The average molecular weight is 304 g/mol. The maximum Gasteiger partial charge on any atom is -0.00990 e. The quantitative estimate of drug-likeness (QED) is 0.235. The molecule has 0 saturated heterocycles. The van der Waals surface area contributed by atoms with Crippen LogP contribution in [0.5, 0.6) is 0 Å². The normalized spacial score (nSPS) is 11.3. The first kappa shape index (κ1) is 13.3. The molecule has 5 aromatic carbocycles. The summed E-state index contributed by atoms with van der Waals surface area (Å²) >= 11 is 0.